The number of sulfone groups is 1. The molecule has 1 fully saturated rings. The van der Waals surface area contributed by atoms with E-state index in [9.17, 15) is 8.42 Å². The Kier molecular flexibility index (Phi) is 8.63. The number of hydrogen-bond donors (Lipinski definition) is 2. The maximum atomic E-state index is 11.4. The highest BCUT2D eigenvalue weighted by molar-refractivity contribution is 14.0. The molecule has 1 aromatic carbocycles. The van der Waals surface area contributed by atoms with Gasteiger partial charge in [-0.25, -0.2) is 8.42 Å². The minimum absolute atomic E-state index is 0. The molecule has 1 heterocycles. The first-order valence-corrected chi connectivity index (χ1v) is 9.58. The highest BCUT2D eigenvalue weighted by atomic mass is 127. The molecule has 2 N–H and O–H groups in total. The summed E-state index contributed by atoms with van der Waals surface area (Å²) >= 11 is 6.12. The summed E-state index contributed by atoms with van der Waals surface area (Å²) in [7, 11) is -1.12. The molecule has 0 radical (unpaired) electrons. The van der Waals surface area contributed by atoms with Crippen molar-refractivity contribution in [1.29, 1.82) is 0 Å². The van der Waals surface area contributed by atoms with Crippen LogP contribution in [0.25, 0.3) is 0 Å². The Bertz CT molecular complexity index is 637. The lowest BCUT2D eigenvalue weighted by atomic mass is 10.1. The Labute approximate surface area is 160 Å². The van der Waals surface area contributed by atoms with Gasteiger partial charge >= 0.3 is 0 Å². The van der Waals surface area contributed by atoms with Gasteiger partial charge < -0.3 is 10.6 Å². The summed E-state index contributed by atoms with van der Waals surface area (Å²) in [5.41, 5.74) is 1.09. The minimum Gasteiger partial charge on any atom is -0.356 e. The van der Waals surface area contributed by atoms with Gasteiger partial charge in [0.15, 0.2) is 15.8 Å². The molecule has 1 aliphatic rings. The van der Waals surface area contributed by atoms with Gasteiger partial charge in [0.1, 0.15) is 0 Å². The number of nitrogens with one attached hydrogen (secondary N) is 2. The van der Waals surface area contributed by atoms with Crippen LogP contribution in [-0.4, -0.2) is 46.0 Å². The average molecular weight is 472 g/mol. The molecule has 0 bridgehead atoms. The SMILES string of the molecule is CN=C(NCCc1ccccc1Cl)NCC1CCS(=O)(=O)C1.I. The third-order valence-corrected chi connectivity index (χ3v) is 5.96. The van der Waals surface area contributed by atoms with Crippen molar-refractivity contribution in [1.82, 2.24) is 10.6 Å². The van der Waals surface area contributed by atoms with E-state index in [1.54, 1.807) is 7.05 Å². The molecule has 8 heteroatoms. The fourth-order valence-corrected chi connectivity index (χ4v) is 4.60. The van der Waals surface area contributed by atoms with Crippen molar-refractivity contribution in [2.45, 2.75) is 12.8 Å². The lowest BCUT2D eigenvalue weighted by Crippen LogP contribution is -2.40. The van der Waals surface area contributed by atoms with Crippen molar-refractivity contribution in [2.75, 3.05) is 31.6 Å². The Balaban J connectivity index is 0.00000264. The van der Waals surface area contributed by atoms with Gasteiger partial charge in [0, 0.05) is 25.2 Å². The lowest BCUT2D eigenvalue weighted by molar-refractivity contribution is 0.567. The first-order chi connectivity index (χ1) is 10.5. The van der Waals surface area contributed by atoms with Gasteiger partial charge in [-0.05, 0) is 30.4 Å². The van der Waals surface area contributed by atoms with Gasteiger partial charge in [0.05, 0.1) is 11.5 Å². The second-order valence-electron chi connectivity index (χ2n) is 5.49. The van der Waals surface area contributed by atoms with E-state index >= 15 is 0 Å². The van der Waals surface area contributed by atoms with Crippen LogP contribution in [0.15, 0.2) is 29.3 Å². The highest BCUT2D eigenvalue weighted by Crippen LogP contribution is 2.17. The van der Waals surface area contributed by atoms with Crippen LogP contribution < -0.4 is 10.6 Å². The van der Waals surface area contributed by atoms with Crippen molar-refractivity contribution in [3.63, 3.8) is 0 Å². The zero-order valence-electron chi connectivity index (χ0n) is 13.1. The van der Waals surface area contributed by atoms with Gasteiger partial charge in [0.25, 0.3) is 0 Å². The smallest absolute Gasteiger partial charge is 0.190 e. The first kappa shape index (κ1) is 20.5. The molecule has 2 rings (SSSR count). The molecule has 0 aromatic heterocycles. The fraction of sp³-hybridized carbons (Fsp3) is 0.533. The first-order valence-electron chi connectivity index (χ1n) is 7.38. The van der Waals surface area contributed by atoms with Crippen molar-refractivity contribution < 1.29 is 8.42 Å². The molecule has 1 aromatic rings. The molecular formula is C15H23ClIN3O2S. The normalized spacial score (nSPS) is 19.9. The summed E-state index contributed by atoms with van der Waals surface area (Å²) in [5.74, 6) is 1.44. The van der Waals surface area contributed by atoms with Crippen LogP contribution in [0.3, 0.4) is 0 Å². The summed E-state index contributed by atoms with van der Waals surface area (Å²) in [5, 5.41) is 7.18. The van der Waals surface area contributed by atoms with Gasteiger partial charge in [0.2, 0.25) is 0 Å². The van der Waals surface area contributed by atoms with Crippen LogP contribution in [0.4, 0.5) is 0 Å². The quantitative estimate of drug-likeness (QED) is 0.392. The Morgan fingerprint density at radius 1 is 1.35 bits per heavy atom. The van der Waals surface area contributed by atoms with E-state index < -0.39 is 9.84 Å². The van der Waals surface area contributed by atoms with Gasteiger partial charge in [-0.1, -0.05) is 29.8 Å². The van der Waals surface area contributed by atoms with E-state index in [4.69, 9.17) is 11.6 Å². The van der Waals surface area contributed by atoms with Crippen molar-refractivity contribution in [2.24, 2.45) is 10.9 Å². The Hall–Kier alpha value is -0.540. The van der Waals surface area contributed by atoms with E-state index in [0.717, 1.165) is 23.4 Å². The molecule has 0 spiro atoms. The number of benzene rings is 1. The van der Waals surface area contributed by atoms with Crippen LogP contribution in [0, 0.1) is 5.92 Å². The molecule has 130 valence electrons. The van der Waals surface area contributed by atoms with Crippen LogP contribution in [0.2, 0.25) is 5.02 Å². The lowest BCUT2D eigenvalue weighted by Gasteiger charge is -2.14. The predicted octanol–water partition coefficient (Wildman–Crippen LogP) is 2.10. The molecule has 0 amide bonds. The highest BCUT2D eigenvalue weighted by Gasteiger charge is 2.27. The summed E-state index contributed by atoms with van der Waals surface area (Å²) < 4.78 is 22.9. The molecule has 23 heavy (non-hydrogen) atoms. The number of guanidine groups is 1. The molecule has 1 atom stereocenters. The van der Waals surface area contributed by atoms with Gasteiger partial charge in [-0.3, -0.25) is 4.99 Å². The molecule has 5 nitrogen and oxygen atoms in total. The number of rotatable bonds is 5. The number of halogens is 2. The second-order valence-corrected chi connectivity index (χ2v) is 8.13. The van der Waals surface area contributed by atoms with E-state index in [1.807, 2.05) is 24.3 Å². The molecule has 1 saturated heterocycles. The number of nitrogens with zero attached hydrogens (tertiary/aromatic N) is 1. The maximum Gasteiger partial charge on any atom is 0.190 e. The molecular weight excluding hydrogens is 449 g/mol. The summed E-state index contributed by atoms with van der Waals surface area (Å²) in [4.78, 5) is 4.15. The molecule has 0 saturated carbocycles. The second kappa shape index (κ2) is 9.68. The van der Waals surface area contributed by atoms with Crippen molar-refractivity contribution >= 4 is 51.4 Å². The monoisotopic (exact) mass is 471 g/mol. The topological polar surface area (TPSA) is 70.6 Å². The Morgan fingerprint density at radius 3 is 2.70 bits per heavy atom. The van der Waals surface area contributed by atoms with Crippen LogP contribution >= 0.6 is 35.6 Å². The van der Waals surface area contributed by atoms with Crippen molar-refractivity contribution in [3.05, 3.63) is 34.9 Å². The zero-order valence-corrected chi connectivity index (χ0v) is 17.0. The third kappa shape index (κ3) is 6.84. The maximum absolute atomic E-state index is 11.4. The molecule has 1 aliphatic heterocycles. The van der Waals surface area contributed by atoms with E-state index in [0.29, 0.717) is 24.8 Å². The van der Waals surface area contributed by atoms with Crippen LogP contribution in [0.5, 0.6) is 0 Å². The van der Waals surface area contributed by atoms with Crippen LogP contribution in [0.1, 0.15) is 12.0 Å². The average Bonchev–Trinajstić information content (AvgIpc) is 2.84. The molecule has 0 aliphatic carbocycles. The Morgan fingerprint density at radius 2 is 2.09 bits per heavy atom. The predicted molar refractivity (Wildman–Crippen MR) is 107 cm³/mol. The summed E-state index contributed by atoms with van der Waals surface area (Å²) in [6.07, 6.45) is 1.53. The molecule has 1 unspecified atom stereocenters. The van der Waals surface area contributed by atoms with Crippen LogP contribution in [-0.2, 0) is 16.3 Å². The fourth-order valence-electron chi connectivity index (χ4n) is 2.51. The van der Waals surface area contributed by atoms with E-state index in [-0.39, 0.29) is 35.6 Å². The summed E-state index contributed by atoms with van der Waals surface area (Å²) in [6, 6.07) is 7.76. The van der Waals surface area contributed by atoms with Gasteiger partial charge in [-0.2, -0.15) is 0 Å². The third-order valence-electron chi connectivity index (χ3n) is 3.75. The van der Waals surface area contributed by atoms with E-state index in [2.05, 4.69) is 15.6 Å². The van der Waals surface area contributed by atoms with E-state index in [1.165, 1.54) is 0 Å². The minimum atomic E-state index is -2.82. The summed E-state index contributed by atoms with van der Waals surface area (Å²) in [6.45, 7) is 1.34. The number of hydrogen-bond acceptors (Lipinski definition) is 3. The zero-order chi connectivity index (χ0) is 16.0. The van der Waals surface area contributed by atoms with Crippen molar-refractivity contribution in [3.8, 4) is 0 Å². The largest absolute Gasteiger partial charge is 0.356 e. The van der Waals surface area contributed by atoms with Gasteiger partial charge in [-0.15, -0.1) is 24.0 Å². The number of aliphatic imine (C=N–C) groups is 1. The standard InChI is InChI=1S/C15H22ClN3O2S.HI/c1-17-15(19-10-12-7-9-22(20,21)11-12)18-8-6-13-4-2-3-5-14(13)16;/h2-5,12H,6-11H2,1H3,(H2,17,18,19);1H.